The Labute approximate surface area is 76.3 Å². The standard InChI is InChI=1S/C10H10O3/c1-7(12)10-4-3-9(13-2)5-8(10)6-11/h3-6H,1-2H3. The van der Waals surface area contributed by atoms with E-state index in [9.17, 15) is 9.59 Å². The Morgan fingerprint density at radius 2 is 2.15 bits per heavy atom. The number of hydrogen-bond acceptors (Lipinski definition) is 3. The quantitative estimate of drug-likeness (QED) is 0.522. The first kappa shape index (κ1) is 9.45. The molecular formula is C10H10O3. The van der Waals surface area contributed by atoms with Crippen molar-refractivity contribution in [2.24, 2.45) is 0 Å². The van der Waals surface area contributed by atoms with Gasteiger partial charge in [0.15, 0.2) is 12.1 Å². The van der Waals surface area contributed by atoms with Gasteiger partial charge in [-0.3, -0.25) is 9.59 Å². The first-order valence-corrected chi connectivity index (χ1v) is 3.83. The summed E-state index contributed by atoms with van der Waals surface area (Å²) in [6.45, 7) is 1.43. The highest BCUT2D eigenvalue weighted by atomic mass is 16.5. The lowest BCUT2D eigenvalue weighted by Gasteiger charge is -2.03. The van der Waals surface area contributed by atoms with Crippen LogP contribution in [0.4, 0.5) is 0 Å². The van der Waals surface area contributed by atoms with Crippen LogP contribution in [-0.2, 0) is 0 Å². The van der Waals surface area contributed by atoms with Crippen molar-refractivity contribution < 1.29 is 14.3 Å². The molecule has 0 spiro atoms. The van der Waals surface area contributed by atoms with Crippen LogP contribution < -0.4 is 4.74 Å². The molecule has 1 aromatic rings. The van der Waals surface area contributed by atoms with Gasteiger partial charge in [0.25, 0.3) is 0 Å². The highest BCUT2D eigenvalue weighted by Crippen LogP contribution is 2.16. The van der Waals surface area contributed by atoms with Gasteiger partial charge in [0, 0.05) is 11.1 Å². The average Bonchev–Trinajstić information content (AvgIpc) is 2.16. The topological polar surface area (TPSA) is 43.4 Å². The maximum atomic E-state index is 11.0. The molecule has 0 aliphatic carbocycles. The number of ketones is 1. The van der Waals surface area contributed by atoms with E-state index in [1.54, 1.807) is 18.2 Å². The Morgan fingerprint density at radius 3 is 2.62 bits per heavy atom. The summed E-state index contributed by atoms with van der Waals surface area (Å²) in [5.41, 5.74) is 0.794. The molecule has 0 saturated heterocycles. The molecule has 0 atom stereocenters. The van der Waals surface area contributed by atoms with E-state index < -0.39 is 0 Å². The molecule has 1 rings (SSSR count). The summed E-state index contributed by atoms with van der Waals surface area (Å²) >= 11 is 0. The first-order chi connectivity index (χ1) is 6.19. The van der Waals surface area contributed by atoms with Crippen molar-refractivity contribution in [3.63, 3.8) is 0 Å². The number of carbonyl (C=O) groups excluding carboxylic acids is 2. The molecular weight excluding hydrogens is 168 g/mol. The number of benzene rings is 1. The third kappa shape index (κ3) is 1.93. The molecule has 0 fully saturated rings. The summed E-state index contributed by atoms with van der Waals surface area (Å²) < 4.78 is 4.92. The van der Waals surface area contributed by atoms with Crippen LogP contribution in [0.15, 0.2) is 18.2 Å². The monoisotopic (exact) mass is 178 g/mol. The molecule has 0 bridgehead atoms. The highest BCUT2D eigenvalue weighted by Gasteiger charge is 2.06. The van der Waals surface area contributed by atoms with Crippen molar-refractivity contribution in [3.05, 3.63) is 29.3 Å². The fourth-order valence-electron chi connectivity index (χ4n) is 1.09. The molecule has 0 aromatic heterocycles. The van der Waals surface area contributed by atoms with Crippen molar-refractivity contribution >= 4 is 12.1 Å². The summed E-state index contributed by atoms with van der Waals surface area (Å²) in [6.07, 6.45) is 0.652. The molecule has 1 aromatic carbocycles. The Balaban J connectivity index is 3.23. The Morgan fingerprint density at radius 1 is 1.46 bits per heavy atom. The molecule has 0 N–H and O–H groups in total. The molecule has 0 aliphatic rings. The van der Waals surface area contributed by atoms with Gasteiger partial charge in [-0.25, -0.2) is 0 Å². The van der Waals surface area contributed by atoms with Crippen LogP contribution in [0.1, 0.15) is 27.6 Å². The zero-order valence-corrected chi connectivity index (χ0v) is 7.53. The molecule has 68 valence electrons. The minimum atomic E-state index is -0.121. The SMILES string of the molecule is COc1ccc(C(C)=O)c(C=O)c1. The van der Waals surface area contributed by atoms with Gasteiger partial charge in [-0.1, -0.05) is 0 Å². The maximum absolute atomic E-state index is 11.0. The number of rotatable bonds is 3. The third-order valence-corrected chi connectivity index (χ3v) is 1.76. The number of Topliss-reactive ketones (excluding diaryl/α,β-unsaturated/α-hetero) is 1. The van der Waals surface area contributed by atoms with E-state index in [2.05, 4.69) is 0 Å². The van der Waals surface area contributed by atoms with Crippen LogP contribution in [0.3, 0.4) is 0 Å². The Kier molecular flexibility index (Phi) is 2.80. The molecule has 3 heteroatoms. The molecule has 0 heterocycles. The molecule has 0 radical (unpaired) electrons. The van der Waals surface area contributed by atoms with Gasteiger partial charge in [-0.15, -0.1) is 0 Å². The second-order valence-electron chi connectivity index (χ2n) is 2.63. The summed E-state index contributed by atoms with van der Waals surface area (Å²) in [5.74, 6) is 0.455. The van der Waals surface area contributed by atoms with Crippen molar-refractivity contribution in [1.29, 1.82) is 0 Å². The molecule has 13 heavy (non-hydrogen) atoms. The minimum Gasteiger partial charge on any atom is -0.497 e. The van der Waals surface area contributed by atoms with Gasteiger partial charge in [0.05, 0.1) is 7.11 Å². The smallest absolute Gasteiger partial charge is 0.160 e. The highest BCUT2D eigenvalue weighted by molar-refractivity contribution is 6.01. The maximum Gasteiger partial charge on any atom is 0.160 e. The second kappa shape index (κ2) is 3.85. The van der Waals surface area contributed by atoms with E-state index in [0.29, 0.717) is 23.2 Å². The van der Waals surface area contributed by atoms with Gasteiger partial charge < -0.3 is 4.74 Å². The Bertz CT molecular complexity index is 342. The number of carbonyl (C=O) groups is 2. The van der Waals surface area contributed by atoms with Crippen LogP contribution in [0.2, 0.25) is 0 Å². The van der Waals surface area contributed by atoms with E-state index in [1.165, 1.54) is 14.0 Å². The number of methoxy groups -OCH3 is 1. The summed E-state index contributed by atoms with van der Waals surface area (Å²) in [4.78, 5) is 21.6. The van der Waals surface area contributed by atoms with Crippen molar-refractivity contribution in [2.75, 3.05) is 7.11 Å². The Hall–Kier alpha value is -1.64. The number of hydrogen-bond donors (Lipinski definition) is 0. The van der Waals surface area contributed by atoms with E-state index in [0.717, 1.165) is 0 Å². The average molecular weight is 178 g/mol. The van der Waals surface area contributed by atoms with Crippen molar-refractivity contribution in [1.82, 2.24) is 0 Å². The van der Waals surface area contributed by atoms with Gasteiger partial charge in [0.2, 0.25) is 0 Å². The zero-order chi connectivity index (χ0) is 9.84. The van der Waals surface area contributed by atoms with E-state index in [-0.39, 0.29) is 5.78 Å². The van der Waals surface area contributed by atoms with Gasteiger partial charge in [-0.2, -0.15) is 0 Å². The molecule has 0 aliphatic heterocycles. The van der Waals surface area contributed by atoms with Crippen LogP contribution in [0.25, 0.3) is 0 Å². The molecule has 0 amide bonds. The van der Waals surface area contributed by atoms with Crippen LogP contribution in [-0.4, -0.2) is 19.2 Å². The van der Waals surface area contributed by atoms with Crippen LogP contribution >= 0.6 is 0 Å². The molecule has 0 saturated carbocycles. The second-order valence-corrected chi connectivity index (χ2v) is 2.63. The zero-order valence-electron chi connectivity index (χ0n) is 7.53. The lowest BCUT2D eigenvalue weighted by atomic mass is 10.1. The third-order valence-electron chi connectivity index (χ3n) is 1.76. The summed E-state index contributed by atoms with van der Waals surface area (Å²) in [7, 11) is 1.51. The fraction of sp³-hybridized carbons (Fsp3) is 0.200. The predicted molar refractivity (Wildman–Crippen MR) is 48.4 cm³/mol. The number of ether oxygens (including phenoxy) is 1. The first-order valence-electron chi connectivity index (χ1n) is 3.83. The largest absolute Gasteiger partial charge is 0.497 e. The summed E-state index contributed by atoms with van der Waals surface area (Å²) in [5, 5.41) is 0. The molecule has 0 unspecified atom stereocenters. The fourth-order valence-corrected chi connectivity index (χ4v) is 1.09. The van der Waals surface area contributed by atoms with Gasteiger partial charge >= 0.3 is 0 Å². The van der Waals surface area contributed by atoms with Crippen LogP contribution in [0.5, 0.6) is 5.75 Å². The summed E-state index contributed by atoms with van der Waals surface area (Å²) in [6, 6.07) is 4.79. The number of aldehydes is 1. The van der Waals surface area contributed by atoms with Gasteiger partial charge in [0.1, 0.15) is 5.75 Å². The van der Waals surface area contributed by atoms with E-state index >= 15 is 0 Å². The van der Waals surface area contributed by atoms with Crippen LogP contribution in [0, 0.1) is 0 Å². The lowest BCUT2D eigenvalue weighted by Crippen LogP contribution is -1.99. The molecule has 3 nitrogen and oxygen atoms in total. The van der Waals surface area contributed by atoms with Crippen molar-refractivity contribution in [3.8, 4) is 5.75 Å². The minimum absolute atomic E-state index is 0.121. The van der Waals surface area contributed by atoms with E-state index in [1.807, 2.05) is 0 Å². The van der Waals surface area contributed by atoms with E-state index in [4.69, 9.17) is 4.74 Å². The van der Waals surface area contributed by atoms with Crippen molar-refractivity contribution in [2.45, 2.75) is 6.92 Å². The van der Waals surface area contributed by atoms with Gasteiger partial charge in [-0.05, 0) is 25.1 Å². The predicted octanol–water partition coefficient (Wildman–Crippen LogP) is 1.71. The lowest BCUT2D eigenvalue weighted by molar-refractivity contribution is 0.100. The normalized spacial score (nSPS) is 9.38.